The summed E-state index contributed by atoms with van der Waals surface area (Å²) >= 11 is 0. The van der Waals surface area contributed by atoms with Gasteiger partial charge in [-0.05, 0) is 19.0 Å². The fraction of sp³-hybridized carbons (Fsp3) is 0.400. The molecule has 0 saturated carbocycles. The molecule has 4 nitrogen and oxygen atoms in total. The molecular weight excluding hydrogens is 240 g/mol. The van der Waals surface area contributed by atoms with E-state index in [4.69, 9.17) is 4.52 Å². The number of aryl methyl sites for hydroxylation is 1. The summed E-state index contributed by atoms with van der Waals surface area (Å²) in [4.78, 5) is 2.13. The van der Waals surface area contributed by atoms with Gasteiger partial charge >= 0.3 is 0 Å². The Balaban J connectivity index is 1.95. The van der Waals surface area contributed by atoms with Crippen molar-refractivity contribution in [3.8, 4) is 0 Å². The first-order valence-corrected chi connectivity index (χ1v) is 6.55. The van der Waals surface area contributed by atoms with Crippen molar-refractivity contribution < 1.29 is 9.63 Å². The number of nitrogens with zero attached hydrogens (tertiary/aromatic N) is 2. The molecule has 0 bridgehead atoms. The Morgan fingerprint density at radius 3 is 2.58 bits per heavy atom. The highest BCUT2D eigenvalue weighted by atomic mass is 16.5. The number of likely N-dealkylation sites (N-methyl/N-ethyl adjacent to an activating group) is 1. The molecule has 1 aromatic heterocycles. The number of rotatable bonds is 6. The molecule has 1 N–H and O–H groups in total. The van der Waals surface area contributed by atoms with E-state index in [0.29, 0.717) is 13.1 Å². The summed E-state index contributed by atoms with van der Waals surface area (Å²) in [7, 11) is 0. The monoisotopic (exact) mass is 260 g/mol. The Hall–Kier alpha value is -1.65. The highest BCUT2D eigenvalue weighted by molar-refractivity contribution is 5.23. The number of hydrogen-bond acceptors (Lipinski definition) is 4. The lowest BCUT2D eigenvalue weighted by molar-refractivity contribution is 0.106. The first-order valence-electron chi connectivity index (χ1n) is 6.55. The highest BCUT2D eigenvalue weighted by Crippen LogP contribution is 2.16. The Bertz CT molecular complexity index is 479. The molecule has 0 amide bonds. The van der Waals surface area contributed by atoms with Crippen LogP contribution in [0.5, 0.6) is 0 Å². The number of aromatic nitrogens is 1. The largest absolute Gasteiger partial charge is 0.387 e. The number of benzene rings is 1. The van der Waals surface area contributed by atoms with Gasteiger partial charge in [0, 0.05) is 12.6 Å². The van der Waals surface area contributed by atoms with E-state index in [1.165, 1.54) is 5.56 Å². The second kappa shape index (κ2) is 6.50. The van der Waals surface area contributed by atoms with Gasteiger partial charge in [0.25, 0.3) is 0 Å². The number of hydrogen-bond donors (Lipinski definition) is 1. The molecule has 0 aliphatic carbocycles. The van der Waals surface area contributed by atoms with Gasteiger partial charge in [0.05, 0.1) is 18.8 Å². The standard InChI is InChI=1S/C15H20N2O2/c1-3-17(10-14-8-9-16-19-14)11-15(18)13-6-4-12(2)5-7-13/h4-9,15,18H,3,10-11H2,1-2H3/t15-/m1/s1. The van der Waals surface area contributed by atoms with Gasteiger partial charge < -0.3 is 9.63 Å². The Morgan fingerprint density at radius 2 is 2.00 bits per heavy atom. The average molecular weight is 260 g/mol. The van der Waals surface area contributed by atoms with Crippen LogP contribution in [0.2, 0.25) is 0 Å². The zero-order valence-corrected chi connectivity index (χ0v) is 11.4. The van der Waals surface area contributed by atoms with Crippen molar-refractivity contribution in [2.45, 2.75) is 26.5 Å². The van der Waals surface area contributed by atoms with Gasteiger partial charge in [-0.25, -0.2) is 0 Å². The van der Waals surface area contributed by atoms with Crippen LogP contribution < -0.4 is 0 Å². The first-order chi connectivity index (χ1) is 9.19. The van der Waals surface area contributed by atoms with Crippen LogP contribution in [0, 0.1) is 6.92 Å². The fourth-order valence-corrected chi connectivity index (χ4v) is 1.99. The van der Waals surface area contributed by atoms with Gasteiger partial charge in [0.15, 0.2) is 5.76 Å². The van der Waals surface area contributed by atoms with Crippen LogP contribution in [0.15, 0.2) is 41.1 Å². The van der Waals surface area contributed by atoms with Crippen molar-refractivity contribution in [3.63, 3.8) is 0 Å². The van der Waals surface area contributed by atoms with Crippen molar-refractivity contribution in [2.24, 2.45) is 0 Å². The third kappa shape index (κ3) is 3.91. The summed E-state index contributed by atoms with van der Waals surface area (Å²) < 4.78 is 5.10. The summed E-state index contributed by atoms with van der Waals surface area (Å²) in [6.07, 6.45) is 1.16. The fourth-order valence-electron chi connectivity index (χ4n) is 1.99. The van der Waals surface area contributed by atoms with E-state index in [2.05, 4.69) is 17.0 Å². The summed E-state index contributed by atoms with van der Waals surface area (Å²) in [5.41, 5.74) is 2.14. The average Bonchev–Trinajstić information content (AvgIpc) is 2.91. The molecule has 0 radical (unpaired) electrons. The second-order valence-corrected chi connectivity index (χ2v) is 4.73. The molecule has 0 spiro atoms. The van der Waals surface area contributed by atoms with Crippen molar-refractivity contribution >= 4 is 0 Å². The minimum Gasteiger partial charge on any atom is -0.387 e. The van der Waals surface area contributed by atoms with Gasteiger partial charge in [-0.2, -0.15) is 0 Å². The molecule has 2 aromatic rings. The van der Waals surface area contributed by atoms with Gasteiger partial charge in [-0.3, -0.25) is 4.90 Å². The minimum atomic E-state index is -0.483. The van der Waals surface area contributed by atoms with Crippen LogP contribution in [0.25, 0.3) is 0 Å². The Kier molecular flexibility index (Phi) is 4.71. The molecule has 19 heavy (non-hydrogen) atoms. The van der Waals surface area contributed by atoms with Crippen molar-refractivity contribution in [1.29, 1.82) is 0 Å². The number of aliphatic hydroxyl groups is 1. The van der Waals surface area contributed by atoms with Crippen LogP contribution in [-0.2, 0) is 6.54 Å². The lowest BCUT2D eigenvalue weighted by Gasteiger charge is -2.22. The van der Waals surface area contributed by atoms with Crippen LogP contribution in [0.4, 0.5) is 0 Å². The molecule has 1 atom stereocenters. The van der Waals surface area contributed by atoms with Gasteiger partial charge in [-0.1, -0.05) is 41.9 Å². The second-order valence-electron chi connectivity index (χ2n) is 4.73. The molecule has 102 valence electrons. The third-order valence-corrected chi connectivity index (χ3v) is 3.21. The molecule has 1 aromatic carbocycles. The zero-order chi connectivity index (χ0) is 13.7. The molecule has 1 heterocycles. The maximum atomic E-state index is 10.3. The smallest absolute Gasteiger partial charge is 0.150 e. The lowest BCUT2D eigenvalue weighted by Crippen LogP contribution is -2.28. The van der Waals surface area contributed by atoms with Gasteiger partial charge in [0.2, 0.25) is 0 Å². The SMILES string of the molecule is CCN(Cc1ccno1)C[C@@H](O)c1ccc(C)cc1. The Morgan fingerprint density at radius 1 is 1.26 bits per heavy atom. The van der Waals surface area contributed by atoms with Crippen molar-refractivity contribution in [2.75, 3.05) is 13.1 Å². The summed E-state index contributed by atoms with van der Waals surface area (Å²) in [5, 5.41) is 13.9. The van der Waals surface area contributed by atoms with Crippen LogP contribution >= 0.6 is 0 Å². The van der Waals surface area contributed by atoms with Crippen LogP contribution in [0.3, 0.4) is 0 Å². The summed E-state index contributed by atoms with van der Waals surface area (Å²) in [6.45, 7) is 6.21. The van der Waals surface area contributed by atoms with E-state index in [9.17, 15) is 5.11 Å². The maximum Gasteiger partial charge on any atom is 0.150 e. The van der Waals surface area contributed by atoms with Crippen molar-refractivity contribution in [3.05, 3.63) is 53.4 Å². The number of aliphatic hydroxyl groups excluding tert-OH is 1. The van der Waals surface area contributed by atoms with Gasteiger partial charge in [-0.15, -0.1) is 0 Å². The van der Waals surface area contributed by atoms with E-state index >= 15 is 0 Å². The molecule has 0 unspecified atom stereocenters. The molecule has 2 rings (SSSR count). The molecular formula is C15H20N2O2. The topological polar surface area (TPSA) is 49.5 Å². The zero-order valence-electron chi connectivity index (χ0n) is 11.4. The minimum absolute atomic E-state index is 0.483. The summed E-state index contributed by atoms with van der Waals surface area (Å²) in [6, 6.07) is 9.84. The van der Waals surface area contributed by atoms with E-state index in [1.54, 1.807) is 6.20 Å². The van der Waals surface area contributed by atoms with E-state index in [-0.39, 0.29) is 0 Å². The highest BCUT2D eigenvalue weighted by Gasteiger charge is 2.13. The molecule has 0 saturated heterocycles. The van der Waals surface area contributed by atoms with Crippen LogP contribution in [0.1, 0.15) is 29.9 Å². The maximum absolute atomic E-state index is 10.3. The molecule has 4 heteroatoms. The van der Waals surface area contributed by atoms with E-state index in [1.807, 2.05) is 37.3 Å². The molecule has 0 fully saturated rings. The molecule has 0 aliphatic rings. The predicted octanol–water partition coefficient (Wildman–Crippen LogP) is 2.54. The summed E-state index contributed by atoms with van der Waals surface area (Å²) in [5.74, 6) is 0.818. The van der Waals surface area contributed by atoms with Crippen LogP contribution in [-0.4, -0.2) is 28.3 Å². The predicted molar refractivity (Wildman–Crippen MR) is 73.6 cm³/mol. The van der Waals surface area contributed by atoms with E-state index < -0.39 is 6.10 Å². The van der Waals surface area contributed by atoms with Crippen molar-refractivity contribution in [1.82, 2.24) is 10.1 Å². The first kappa shape index (κ1) is 13.8. The Labute approximate surface area is 113 Å². The van der Waals surface area contributed by atoms with Gasteiger partial charge in [0.1, 0.15) is 0 Å². The quantitative estimate of drug-likeness (QED) is 0.867. The lowest BCUT2D eigenvalue weighted by atomic mass is 10.1. The normalized spacial score (nSPS) is 12.8. The molecule has 0 aliphatic heterocycles. The third-order valence-electron chi connectivity index (χ3n) is 3.21. The van der Waals surface area contributed by atoms with E-state index in [0.717, 1.165) is 17.9 Å².